The SMILES string of the molecule is CSCc1cc(C)cc(Nc2ncc(F)c(-c3ccc(F)cc3F)n2)c1. The highest BCUT2D eigenvalue weighted by atomic mass is 32.2. The van der Waals surface area contributed by atoms with Crippen LogP contribution in [0.15, 0.2) is 42.6 Å². The van der Waals surface area contributed by atoms with Gasteiger partial charge in [-0.2, -0.15) is 11.8 Å². The van der Waals surface area contributed by atoms with Crippen molar-refractivity contribution < 1.29 is 13.2 Å². The first kappa shape index (κ1) is 18.3. The van der Waals surface area contributed by atoms with Crippen molar-refractivity contribution in [3.8, 4) is 11.3 Å². The minimum atomic E-state index is -0.883. The first-order valence-corrected chi connectivity index (χ1v) is 9.20. The van der Waals surface area contributed by atoms with Gasteiger partial charge in [-0.25, -0.2) is 23.1 Å². The van der Waals surface area contributed by atoms with E-state index < -0.39 is 17.5 Å². The average Bonchev–Trinajstić information content (AvgIpc) is 2.57. The Bertz CT molecular complexity index is 947. The van der Waals surface area contributed by atoms with Gasteiger partial charge in [-0.3, -0.25) is 0 Å². The quantitative estimate of drug-likeness (QED) is 0.641. The maximum atomic E-state index is 14.1. The van der Waals surface area contributed by atoms with E-state index in [2.05, 4.69) is 21.4 Å². The number of hydrogen-bond donors (Lipinski definition) is 1. The maximum Gasteiger partial charge on any atom is 0.227 e. The molecule has 26 heavy (non-hydrogen) atoms. The summed E-state index contributed by atoms with van der Waals surface area (Å²) in [7, 11) is 0. The molecule has 0 spiro atoms. The Hall–Kier alpha value is -2.54. The van der Waals surface area contributed by atoms with Crippen LogP contribution in [-0.4, -0.2) is 16.2 Å². The monoisotopic (exact) mass is 375 g/mol. The summed E-state index contributed by atoms with van der Waals surface area (Å²) < 4.78 is 41.2. The Labute approximate surface area is 153 Å². The Balaban J connectivity index is 1.95. The van der Waals surface area contributed by atoms with Crippen molar-refractivity contribution in [1.82, 2.24) is 9.97 Å². The molecule has 0 aliphatic carbocycles. The Morgan fingerprint density at radius 1 is 1.04 bits per heavy atom. The van der Waals surface area contributed by atoms with E-state index in [1.165, 1.54) is 0 Å². The molecule has 7 heteroatoms. The first-order valence-electron chi connectivity index (χ1n) is 7.81. The molecule has 0 atom stereocenters. The van der Waals surface area contributed by atoms with Gasteiger partial charge in [0.15, 0.2) is 5.82 Å². The van der Waals surface area contributed by atoms with Gasteiger partial charge in [0.2, 0.25) is 5.95 Å². The van der Waals surface area contributed by atoms with Gasteiger partial charge in [-0.1, -0.05) is 6.07 Å². The summed E-state index contributed by atoms with van der Waals surface area (Å²) in [4.78, 5) is 7.98. The van der Waals surface area contributed by atoms with Gasteiger partial charge < -0.3 is 5.32 Å². The molecule has 2 aromatic carbocycles. The van der Waals surface area contributed by atoms with E-state index in [0.29, 0.717) is 6.07 Å². The average molecular weight is 375 g/mol. The molecule has 0 unspecified atom stereocenters. The second kappa shape index (κ2) is 7.78. The topological polar surface area (TPSA) is 37.8 Å². The van der Waals surface area contributed by atoms with Crippen LogP contribution in [0.4, 0.5) is 24.8 Å². The molecule has 0 aliphatic heterocycles. The van der Waals surface area contributed by atoms with Gasteiger partial charge in [0.1, 0.15) is 17.3 Å². The molecule has 0 bridgehead atoms. The van der Waals surface area contributed by atoms with Crippen molar-refractivity contribution >= 4 is 23.4 Å². The van der Waals surface area contributed by atoms with Crippen LogP contribution < -0.4 is 5.32 Å². The van der Waals surface area contributed by atoms with Gasteiger partial charge in [0.05, 0.1) is 6.20 Å². The lowest BCUT2D eigenvalue weighted by Gasteiger charge is -2.10. The smallest absolute Gasteiger partial charge is 0.227 e. The largest absolute Gasteiger partial charge is 0.324 e. The lowest BCUT2D eigenvalue weighted by atomic mass is 10.1. The fraction of sp³-hybridized carbons (Fsp3) is 0.158. The molecule has 0 saturated heterocycles. The molecule has 3 rings (SSSR count). The highest BCUT2D eigenvalue weighted by Crippen LogP contribution is 2.26. The van der Waals surface area contributed by atoms with Crippen LogP contribution in [0.25, 0.3) is 11.3 Å². The molecular formula is C19H16F3N3S. The molecule has 0 saturated carbocycles. The van der Waals surface area contributed by atoms with E-state index in [1.54, 1.807) is 11.8 Å². The third-order valence-corrected chi connectivity index (χ3v) is 4.26. The van der Waals surface area contributed by atoms with E-state index in [-0.39, 0.29) is 17.2 Å². The normalized spacial score (nSPS) is 10.8. The standard InChI is InChI=1S/C19H16F3N3S/c1-11-5-12(10-26-2)7-14(6-11)24-19-23-9-17(22)18(25-19)15-4-3-13(20)8-16(15)21/h3-9H,10H2,1-2H3,(H,23,24,25). The lowest BCUT2D eigenvalue weighted by Crippen LogP contribution is -2.02. The maximum absolute atomic E-state index is 14.1. The summed E-state index contributed by atoms with van der Waals surface area (Å²) in [6, 6.07) is 8.85. The summed E-state index contributed by atoms with van der Waals surface area (Å²) in [5.41, 5.74) is 2.60. The fourth-order valence-electron chi connectivity index (χ4n) is 2.61. The summed E-state index contributed by atoms with van der Waals surface area (Å²) >= 11 is 1.70. The number of aryl methyl sites for hydroxylation is 1. The third kappa shape index (κ3) is 4.16. The van der Waals surface area contributed by atoms with Crippen molar-refractivity contribution in [1.29, 1.82) is 0 Å². The number of nitrogens with one attached hydrogen (secondary N) is 1. The summed E-state index contributed by atoms with van der Waals surface area (Å²) in [6.45, 7) is 1.97. The second-order valence-electron chi connectivity index (χ2n) is 5.78. The summed E-state index contributed by atoms with van der Waals surface area (Å²) in [6.07, 6.45) is 2.98. The number of hydrogen-bond acceptors (Lipinski definition) is 4. The fourth-order valence-corrected chi connectivity index (χ4v) is 3.11. The predicted molar refractivity (Wildman–Crippen MR) is 99.0 cm³/mol. The molecule has 3 aromatic rings. The van der Waals surface area contributed by atoms with Gasteiger partial charge in [0, 0.05) is 23.1 Å². The van der Waals surface area contributed by atoms with Crippen LogP contribution in [-0.2, 0) is 5.75 Å². The zero-order valence-electron chi connectivity index (χ0n) is 14.2. The predicted octanol–water partition coefficient (Wildman–Crippen LogP) is 5.48. The molecule has 0 fully saturated rings. The minimum Gasteiger partial charge on any atom is -0.324 e. The molecular weight excluding hydrogens is 359 g/mol. The number of aromatic nitrogens is 2. The molecule has 3 nitrogen and oxygen atoms in total. The van der Waals surface area contributed by atoms with Crippen molar-refractivity contribution in [3.63, 3.8) is 0 Å². The number of halogens is 3. The van der Waals surface area contributed by atoms with Crippen LogP contribution in [0, 0.1) is 24.4 Å². The van der Waals surface area contributed by atoms with Crippen molar-refractivity contribution in [2.45, 2.75) is 12.7 Å². The molecule has 1 heterocycles. The van der Waals surface area contributed by atoms with Gasteiger partial charge in [-0.05, 0) is 48.6 Å². The molecule has 134 valence electrons. The Morgan fingerprint density at radius 2 is 1.85 bits per heavy atom. The lowest BCUT2D eigenvalue weighted by molar-refractivity contribution is 0.580. The first-order chi connectivity index (χ1) is 12.5. The number of rotatable bonds is 5. The molecule has 0 aliphatic rings. The van der Waals surface area contributed by atoms with Crippen molar-refractivity contribution in [2.24, 2.45) is 0 Å². The molecule has 0 amide bonds. The van der Waals surface area contributed by atoms with Crippen LogP contribution >= 0.6 is 11.8 Å². The highest BCUT2D eigenvalue weighted by Gasteiger charge is 2.14. The van der Waals surface area contributed by atoms with Crippen LogP contribution in [0.5, 0.6) is 0 Å². The number of anilines is 2. The number of thioether (sulfide) groups is 1. The van der Waals surface area contributed by atoms with Gasteiger partial charge in [-0.15, -0.1) is 0 Å². The van der Waals surface area contributed by atoms with Gasteiger partial charge in [0.25, 0.3) is 0 Å². The minimum absolute atomic E-state index is 0.123. The Kier molecular flexibility index (Phi) is 5.46. The van der Waals surface area contributed by atoms with E-state index >= 15 is 0 Å². The molecule has 0 radical (unpaired) electrons. The van der Waals surface area contributed by atoms with Crippen LogP contribution in [0.2, 0.25) is 0 Å². The van der Waals surface area contributed by atoms with Crippen LogP contribution in [0.3, 0.4) is 0 Å². The zero-order valence-corrected chi connectivity index (χ0v) is 15.0. The highest BCUT2D eigenvalue weighted by molar-refractivity contribution is 7.97. The number of benzene rings is 2. The summed E-state index contributed by atoms with van der Waals surface area (Å²) in [5, 5.41) is 3.02. The second-order valence-corrected chi connectivity index (χ2v) is 6.65. The molecule has 1 N–H and O–H groups in total. The molecule has 1 aromatic heterocycles. The van der Waals surface area contributed by atoms with E-state index in [4.69, 9.17) is 0 Å². The van der Waals surface area contributed by atoms with E-state index in [1.807, 2.05) is 25.3 Å². The van der Waals surface area contributed by atoms with E-state index in [9.17, 15) is 13.2 Å². The number of nitrogens with zero attached hydrogens (tertiary/aromatic N) is 2. The van der Waals surface area contributed by atoms with Crippen molar-refractivity contribution in [3.05, 3.63) is 71.2 Å². The van der Waals surface area contributed by atoms with E-state index in [0.717, 1.165) is 40.9 Å². The van der Waals surface area contributed by atoms with Gasteiger partial charge >= 0.3 is 0 Å². The summed E-state index contributed by atoms with van der Waals surface area (Å²) in [5.74, 6) is -1.42. The van der Waals surface area contributed by atoms with Crippen LogP contribution in [0.1, 0.15) is 11.1 Å². The third-order valence-electron chi connectivity index (χ3n) is 3.63. The van der Waals surface area contributed by atoms with Crippen molar-refractivity contribution in [2.75, 3.05) is 11.6 Å². The Morgan fingerprint density at radius 3 is 2.58 bits per heavy atom. The zero-order chi connectivity index (χ0) is 18.7.